The highest BCUT2D eigenvalue weighted by Gasteiger charge is 2.29. The number of imide groups is 1. The third kappa shape index (κ3) is 5.97. The molecule has 1 aliphatic rings. The lowest BCUT2D eigenvalue weighted by Gasteiger charge is -2.15. The molecule has 0 bridgehead atoms. The van der Waals surface area contributed by atoms with Crippen LogP contribution in [0.5, 0.6) is 0 Å². The van der Waals surface area contributed by atoms with E-state index in [1.165, 1.54) is 19.1 Å². The Morgan fingerprint density at radius 2 is 2.07 bits per heavy atom. The zero-order valence-electron chi connectivity index (χ0n) is 14.5. The third-order valence-electron chi connectivity index (χ3n) is 3.59. The number of ether oxygens (including phenoxy) is 1. The molecular weight excluding hydrogens is 370 g/mol. The van der Waals surface area contributed by atoms with Crippen LogP contribution in [0, 0.1) is 11.3 Å². The van der Waals surface area contributed by atoms with Crippen molar-refractivity contribution in [2.75, 3.05) is 18.8 Å². The van der Waals surface area contributed by atoms with Crippen LogP contribution in [0.4, 0.5) is 4.79 Å². The van der Waals surface area contributed by atoms with Crippen molar-refractivity contribution in [1.29, 1.82) is 5.26 Å². The molecule has 1 atom stereocenters. The Balaban J connectivity index is 1.75. The topological polar surface area (TPSA) is 117 Å². The molecule has 8 nitrogen and oxygen atoms in total. The summed E-state index contributed by atoms with van der Waals surface area (Å²) in [4.78, 5) is 47.6. The smallest absolute Gasteiger partial charge is 0.331 e. The second-order valence-corrected chi connectivity index (χ2v) is 6.46. The number of hydrogen-bond acceptors (Lipinski definition) is 7. The molecule has 1 heterocycles. The van der Waals surface area contributed by atoms with Crippen LogP contribution < -0.4 is 5.32 Å². The van der Waals surface area contributed by atoms with Crippen LogP contribution in [0.15, 0.2) is 30.3 Å². The number of nitriles is 1. The van der Waals surface area contributed by atoms with Gasteiger partial charge in [0.25, 0.3) is 11.1 Å². The summed E-state index contributed by atoms with van der Waals surface area (Å²) >= 11 is 0.925. The van der Waals surface area contributed by atoms with Gasteiger partial charge in [0, 0.05) is 19.2 Å². The van der Waals surface area contributed by atoms with E-state index < -0.39 is 18.0 Å². The van der Waals surface area contributed by atoms with E-state index >= 15 is 0 Å². The lowest BCUT2D eigenvalue weighted by molar-refractivity contribution is -0.150. The Kier molecular flexibility index (Phi) is 7.14. The van der Waals surface area contributed by atoms with Gasteiger partial charge in [0.1, 0.15) is 0 Å². The summed E-state index contributed by atoms with van der Waals surface area (Å²) in [6.07, 6.45) is 1.67. The fourth-order valence-corrected chi connectivity index (χ4v) is 2.88. The van der Waals surface area contributed by atoms with Crippen molar-refractivity contribution in [3.63, 3.8) is 0 Å². The van der Waals surface area contributed by atoms with Gasteiger partial charge >= 0.3 is 5.97 Å². The number of amides is 3. The fraction of sp³-hybridized carbons (Fsp3) is 0.278. The van der Waals surface area contributed by atoms with Gasteiger partial charge in [-0.1, -0.05) is 23.9 Å². The van der Waals surface area contributed by atoms with E-state index in [-0.39, 0.29) is 30.0 Å². The average molecular weight is 387 g/mol. The predicted octanol–water partition coefficient (Wildman–Crippen LogP) is 1.31. The molecule has 1 aromatic carbocycles. The first kappa shape index (κ1) is 20.2. The minimum Gasteiger partial charge on any atom is -0.449 e. The zero-order chi connectivity index (χ0) is 19.8. The molecule has 0 aliphatic carbocycles. The fourth-order valence-electron chi connectivity index (χ4n) is 2.13. The van der Waals surface area contributed by atoms with E-state index in [1.54, 1.807) is 24.3 Å². The van der Waals surface area contributed by atoms with Crippen LogP contribution in [-0.4, -0.2) is 52.9 Å². The molecule has 1 N–H and O–H groups in total. The summed E-state index contributed by atoms with van der Waals surface area (Å²) in [5, 5.41) is 10.9. The van der Waals surface area contributed by atoms with Crippen molar-refractivity contribution in [2.24, 2.45) is 0 Å². The number of nitrogens with zero attached hydrogens (tertiary/aromatic N) is 2. The molecule has 0 unspecified atom stereocenters. The number of carbonyl (C=O) groups is 4. The maximum absolute atomic E-state index is 11.9. The van der Waals surface area contributed by atoms with Gasteiger partial charge in [0.2, 0.25) is 5.91 Å². The highest BCUT2D eigenvalue weighted by molar-refractivity contribution is 8.14. The molecule has 1 fully saturated rings. The van der Waals surface area contributed by atoms with Crippen LogP contribution in [0.1, 0.15) is 18.1 Å². The first-order valence-electron chi connectivity index (χ1n) is 8.04. The molecule has 3 amide bonds. The van der Waals surface area contributed by atoms with Gasteiger partial charge in [-0.05, 0) is 30.7 Å². The van der Waals surface area contributed by atoms with Crippen molar-refractivity contribution in [2.45, 2.75) is 13.0 Å². The maximum atomic E-state index is 11.9. The lowest BCUT2D eigenvalue weighted by atomic mass is 10.1. The van der Waals surface area contributed by atoms with E-state index in [0.717, 1.165) is 16.7 Å². The number of nitrogens with one attached hydrogen (secondary N) is 1. The van der Waals surface area contributed by atoms with Crippen LogP contribution in [-0.2, 0) is 19.1 Å². The van der Waals surface area contributed by atoms with Crippen molar-refractivity contribution >= 4 is 40.9 Å². The quantitative estimate of drug-likeness (QED) is 0.554. The van der Waals surface area contributed by atoms with Gasteiger partial charge in [-0.15, -0.1) is 0 Å². The van der Waals surface area contributed by atoms with Crippen LogP contribution in [0.2, 0.25) is 0 Å². The Morgan fingerprint density at radius 3 is 2.67 bits per heavy atom. The van der Waals surface area contributed by atoms with Crippen molar-refractivity contribution in [1.82, 2.24) is 10.2 Å². The Bertz CT molecular complexity index is 797. The Hall–Kier alpha value is -3.12. The zero-order valence-corrected chi connectivity index (χ0v) is 15.3. The van der Waals surface area contributed by atoms with Gasteiger partial charge in [0.15, 0.2) is 6.10 Å². The van der Waals surface area contributed by atoms with Gasteiger partial charge < -0.3 is 10.1 Å². The normalized spacial score (nSPS) is 14.9. The van der Waals surface area contributed by atoms with Crippen molar-refractivity contribution < 1.29 is 23.9 Å². The second kappa shape index (κ2) is 9.54. The lowest BCUT2D eigenvalue weighted by Crippen LogP contribution is -2.41. The highest BCUT2D eigenvalue weighted by atomic mass is 32.2. The minimum atomic E-state index is -1.03. The molecule has 9 heteroatoms. The van der Waals surface area contributed by atoms with E-state index in [1.807, 2.05) is 6.07 Å². The number of hydrogen-bond donors (Lipinski definition) is 1. The second-order valence-electron chi connectivity index (χ2n) is 5.54. The molecule has 0 spiro atoms. The molecular formula is C18H17N3O5S. The standard InChI is InChI=1S/C18H17N3O5S/c1-12(17(24)20-8-9-21-15(22)11-27-18(21)25)26-16(23)7-6-13-2-4-14(10-19)5-3-13/h2-7,12H,8-9,11H2,1H3,(H,20,24)/b7-6+/t12-/m1/s1. The SMILES string of the molecule is C[C@@H](OC(=O)/C=C/c1ccc(C#N)cc1)C(=O)NCCN1C(=O)CSC1=O. The number of thioether (sulfide) groups is 1. The summed E-state index contributed by atoms with van der Waals surface area (Å²) in [6.45, 7) is 1.58. The first-order chi connectivity index (χ1) is 12.9. The van der Waals surface area contributed by atoms with Gasteiger partial charge in [-0.2, -0.15) is 5.26 Å². The largest absolute Gasteiger partial charge is 0.449 e. The summed E-state index contributed by atoms with van der Waals surface area (Å²) in [5.74, 6) is -1.39. The van der Waals surface area contributed by atoms with E-state index in [4.69, 9.17) is 10.00 Å². The monoisotopic (exact) mass is 387 g/mol. The molecule has 1 saturated heterocycles. The van der Waals surface area contributed by atoms with E-state index in [9.17, 15) is 19.2 Å². The third-order valence-corrected chi connectivity index (χ3v) is 4.45. The molecule has 1 aromatic rings. The average Bonchev–Trinajstić information content (AvgIpc) is 2.98. The molecule has 0 saturated carbocycles. The Labute approximate surface area is 160 Å². The van der Waals surface area contributed by atoms with Crippen LogP contribution in [0.25, 0.3) is 6.08 Å². The maximum Gasteiger partial charge on any atom is 0.331 e. The van der Waals surface area contributed by atoms with Gasteiger partial charge in [-0.25, -0.2) is 4.79 Å². The number of carbonyl (C=O) groups excluding carboxylic acids is 4. The molecule has 140 valence electrons. The summed E-state index contributed by atoms with van der Waals surface area (Å²) in [7, 11) is 0. The predicted molar refractivity (Wildman–Crippen MR) is 98.3 cm³/mol. The molecule has 2 rings (SSSR count). The summed E-state index contributed by atoms with van der Waals surface area (Å²) in [5.41, 5.74) is 1.22. The molecule has 0 aromatic heterocycles. The first-order valence-corrected chi connectivity index (χ1v) is 9.03. The molecule has 0 radical (unpaired) electrons. The molecule has 1 aliphatic heterocycles. The van der Waals surface area contributed by atoms with Crippen molar-refractivity contribution in [3.8, 4) is 6.07 Å². The van der Waals surface area contributed by atoms with Crippen LogP contribution in [0.3, 0.4) is 0 Å². The highest BCUT2D eigenvalue weighted by Crippen LogP contribution is 2.17. The number of esters is 1. The van der Waals surface area contributed by atoms with E-state index in [0.29, 0.717) is 11.1 Å². The van der Waals surface area contributed by atoms with Gasteiger partial charge in [0.05, 0.1) is 17.4 Å². The van der Waals surface area contributed by atoms with Gasteiger partial charge in [-0.3, -0.25) is 19.3 Å². The molecule has 27 heavy (non-hydrogen) atoms. The van der Waals surface area contributed by atoms with E-state index in [2.05, 4.69) is 5.32 Å². The number of rotatable bonds is 7. The van der Waals surface area contributed by atoms with Crippen molar-refractivity contribution in [3.05, 3.63) is 41.5 Å². The minimum absolute atomic E-state index is 0.0790. The summed E-state index contributed by atoms with van der Waals surface area (Å²) in [6, 6.07) is 8.59. The Morgan fingerprint density at radius 1 is 1.37 bits per heavy atom. The van der Waals surface area contributed by atoms with Crippen LogP contribution >= 0.6 is 11.8 Å². The summed E-state index contributed by atoms with van der Waals surface area (Å²) < 4.78 is 5.00. The number of benzene rings is 1.